The van der Waals surface area contributed by atoms with Crippen molar-refractivity contribution >= 4 is 11.6 Å². The Labute approximate surface area is 187 Å². The molecule has 0 radical (unpaired) electrons. The molecule has 1 aliphatic heterocycles. The third kappa shape index (κ3) is 5.27. The molecule has 3 aromatic rings. The number of carbonyl (C=O) groups excluding carboxylic acids is 1. The number of hydrogen-bond donors (Lipinski definition) is 1. The Hall–Kier alpha value is -3.79. The van der Waals surface area contributed by atoms with E-state index in [1.165, 1.54) is 0 Å². The molecule has 7 heteroatoms. The predicted octanol–water partition coefficient (Wildman–Crippen LogP) is 3.94. The largest absolute Gasteiger partial charge is 0.497 e. The second kappa shape index (κ2) is 10.0. The number of aryl methyl sites for hydroxylation is 1. The number of piperidine rings is 1. The van der Waals surface area contributed by atoms with Crippen LogP contribution in [0.1, 0.15) is 30.7 Å². The Morgan fingerprint density at radius 3 is 2.56 bits per heavy atom. The number of carbonyl (C=O) groups is 1. The summed E-state index contributed by atoms with van der Waals surface area (Å²) in [7, 11) is 1.63. The van der Waals surface area contributed by atoms with E-state index < -0.39 is 0 Å². The van der Waals surface area contributed by atoms with Gasteiger partial charge in [0, 0.05) is 43.2 Å². The number of rotatable bonds is 7. The number of oxazole rings is 1. The van der Waals surface area contributed by atoms with Crippen LogP contribution in [0.3, 0.4) is 0 Å². The molecule has 0 unspecified atom stereocenters. The van der Waals surface area contributed by atoms with Gasteiger partial charge in [0.25, 0.3) is 0 Å². The van der Waals surface area contributed by atoms with Crippen molar-refractivity contribution < 1.29 is 13.9 Å². The van der Waals surface area contributed by atoms with Crippen molar-refractivity contribution in [2.75, 3.05) is 25.1 Å². The first kappa shape index (κ1) is 21.4. The van der Waals surface area contributed by atoms with Gasteiger partial charge >= 0.3 is 0 Å². The maximum Gasteiger partial charge on any atom is 0.220 e. The minimum absolute atomic E-state index is 0.0195. The Balaban J connectivity index is 1.22. The monoisotopic (exact) mass is 430 g/mol. The Bertz CT molecular complexity index is 1080. The van der Waals surface area contributed by atoms with Crippen LogP contribution in [0, 0.1) is 11.3 Å². The van der Waals surface area contributed by atoms with Crippen molar-refractivity contribution in [2.24, 2.45) is 0 Å². The lowest BCUT2D eigenvalue weighted by atomic mass is 10.0. The number of ether oxygens (including phenoxy) is 1. The molecule has 1 N–H and O–H groups in total. The summed E-state index contributed by atoms with van der Waals surface area (Å²) in [4.78, 5) is 19.0. The van der Waals surface area contributed by atoms with Gasteiger partial charge in [0.1, 0.15) is 5.75 Å². The van der Waals surface area contributed by atoms with Gasteiger partial charge in [-0.1, -0.05) is 0 Å². The Morgan fingerprint density at radius 2 is 1.91 bits per heavy atom. The molecule has 0 aliphatic carbocycles. The number of amides is 1. The van der Waals surface area contributed by atoms with Gasteiger partial charge in [-0.05, 0) is 61.4 Å². The fraction of sp³-hybridized carbons (Fsp3) is 0.320. The lowest BCUT2D eigenvalue weighted by Crippen LogP contribution is -2.44. The van der Waals surface area contributed by atoms with E-state index >= 15 is 0 Å². The molecule has 4 rings (SSSR count). The highest BCUT2D eigenvalue weighted by Crippen LogP contribution is 2.24. The van der Waals surface area contributed by atoms with Crippen molar-refractivity contribution in [3.8, 4) is 23.1 Å². The van der Waals surface area contributed by atoms with Gasteiger partial charge in [-0.3, -0.25) is 4.79 Å². The van der Waals surface area contributed by atoms with Crippen LogP contribution in [0.2, 0.25) is 0 Å². The van der Waals surface area contributed by atoms with E-state index in [0.717, 1.165) is 42.9 Å². The van der Waals surface area contributed by atoms with Crippen LogP contribution in [-0.2, 0) is 11.2 Å². The smallest absolute Gasteiger partial charge is 0.220 e. The van der Waals surface area contributed by atoms with E-state index in [0.29, 0.717) is 30.1 Å². The van der Waals surface area contributed by atoms with Gasteiger partial charge in [0.2, 0.25) is 5.91 Å². The summed E-state index contributed by atoms with van der Waals surface area (Å²) >= 11 is 0. The van der Waals surface area contributed by atoms with Crippen LogP contribution >= 0.6 is 0 Å². The molecule has 1 fully saturated rings. The third-order valence-corrected chi connectivity index (χ3v) is 5.72. The van der Waals surface area contributed by atoms with Gasteiger partial charge in [-0.25, -0.2) is 4.98 Å². The number of hydrogen-bond acceptors (Lipinski definition) is 6. The zero-order chi connectivity index (χ0) is 22.3. The Morgan fingerprint density at radius 1 is 1.19 bits per heavy atom. The molecular formula is C25H26N4O3. The second-order valence-electron chi connectivity index (χ2n) is 7.83. The molecule has 0 spiro atoms. The molecule has 0 saturated carbocycles. The summed E-state index contributed by atoms with van der Waals surface area (Å²) in [6, 6.07) is 17.5. The molecule has 2 heterocycles. The highest BCUT2D eigenvalue weighted by Gasteiger charge is 2.21. The average Bonchev–Trinajstić information content (AvgIpc) is 3.32. The molecule has 0 atom stereocenters. The second-order valence-corrected chi connectivity index (χ2v) is 7.83. The molecule has 1 saturated heterocycles. The maximum atomic E-state index is 12.4. The zero-order valence-electron chi connectivity index (χ0n) is 18.1. The fourth-order valence-electron chi connectivity index (χ4n) is 3.86. The van der Waals surface area contributed by atoms with Crippen molar-refractivity contribution in [3.63, 3.8) is 0 Å². The highest BCUT2D eigenvalue weighted by atomic mass is 16.5. The summed E-state index contributed by atoms with van der Waals surface area (Å²) in [6.45, 7) is 1.75. The average molecular weight is 431 g/mol. The first-order valence-corrected chi connectivity index (χ1v) is 10.8. The molecule has 2 aromatic carbocycles. The van der Waals surface area contributed by atoms with Crippen LogP contribution in [0.4, 0.5) is 5.69 Å². The molecule has 1 amide bonds. The molecule has 164 valence electrons. The van der Waals surface area contributed by atoms with Crippen LogP contribution in [0.25, 0.3) is 11.3 Å². The summed E-state index contributed by atoms with van der Waals surface area (Å²) in [6.07, 6.45) is 4.29. The minimum Gasteiger partial charge on any atom is -0.497 e. The number of nitrogens with one attached hydrogen (secondary N) is 1. The minimum atomic E-state index is 0.0195. The molecule has 0 bridgehead atoms. The summed E-state index contributed by atoms with van der Waals surface area (Å²) in [5.41, 5.74) is 2.70. The number of aromatic nitrogens is 1. The van der Waals surface area contributed by atoms with Crippen LogP contribution < -0.4 is 15.0 Å². The third-order valence-electron chi connectivity index (χ3n) is 5.72. The quantitative estimate of drug-likeness (QED) is 0.610. The zero-order valence-corrected chi connectivity index (χ0v) is 18.1. The number of nitriles is 1. The number of anilines is 1. The highest BCUT2D eigenvalue weighted by molar-refractivity contribution is 5.76. The van der Waals surface area contributed by atoms with Crippen LogP contribution in [0.15, 0.2) is 59.1 Å². The number of benzene rings is 2. The van der Waals surface area contributed by atoms with Gasteiger partial charge in [0.05, 0.1) is 24.9 Å². The standard InChI is InChI=1S/C25H26N4O3/c1-31-22-8-4-19(5-9-22)23-17-27-25(32-23)11-10-24(30)28-20-12-14-29(15-13-20)21-6-2-18(16-26)3-7-21/h2-9,17,20H,10-15H2,1H3,(H,28,30). The van der Waals surface area contributed by atoms with E-state index in [4.69, 9.17) is 14.4 Å². The SMILES string of the molecule is COc1ccc(-c2cnc(CCC(=O)NC3CCN(c4ccc(C#N)cc4)CC3)o2)cc1. The molecule has 1 aliphatic rings. The van der Waals surface area contributed by atoms with Crippen LogP contribution in [0.5, 0.6) is 5.75 Å². The molecular weight excluding hydrogens is 404 g/mol. The van der Waals surface area contributed by atoms with Gasteiger partial charge < -0.3 is 19.4 Å². The maximum absolute atomic E-state index is 12.4. The fourth-order valence-corrected chi connectivity index (χ4v) is 3.86. The van der Waals surface area contributed by atoms with E-state index in [1.807, 2.05) is 48.5 Å². The number of methoxy groups -OCH3 is 1. The van der Waals surface area contributed by atoms with Crippen molar-refractivity contribution in [1.82, 2.24) is 10.3 Å². The summed E-state index contributed by atoms with van der Waals surface area (Å²) < 4.78 is 11.0. The van der Waals surface area contributed by atoms with Crippen LogP contribution in [-0.4, -0.2) is 37.1 Å². The van der Waals surface area contributed by atoms with Gasteiger partial charge in [0.15, 0.2) is 11.7 Å². The first-order chi connectivity index (χ1) is 15.6. The van der Waals surface area contributed by atoms with E-state index in [-0.39, 0.29) is 11.9 Å². The van der Waals surface area contributed by atoms with Crippen molar-refractivity contribution in [2.45, 2.75) is 31.7 Å². The van der Waals surface area contributed by atoms with Gasteiger partial charge in [-0.2, -0.15) is 5.26 Å². The topological polar surface area (TPSA) is 91.4 Å². The number of nitrogens with zero attached hydrogens (tertiary/aromatic N) is 3. The molecule has 32 heavy (non-hydrogen) atoms. The van der Waals surface area contributed by atoms with Gasteiger partial charge in [-0.15, -0.1) is 0 Å². The Kier molecular flexibility index (Phi) is 6.71. The van der Waals surface area contributed by atoms with Crippen molar-refractivity contribution in [3.05, 3.63) is 66.2 Å². The summed E-state index contributed by atoms with van der Waals surface area (Å²) in [5, 5.41) is 12.1. The van der Waals surface area contributed by atoms with E-state index in [9.17, 15) is 4.79 Å². The van der Waals surface area contributed by atoms with Crippen molar-refractivity contribution in [1.29, 1.82) is 5.26 Å². The lowest BCUT2D eigenvalue weighted by Gasteiger charge is -2.34. The normalized spacial score (nSPS) is 14.1. The van der Waals surface area contributed by atoms with E-state index in [2.05, 4.69) is 21.3 Å². The molecule has 1 aromatic heterocycles. The predicted molar refractivity (Wildman–Crippen MR) is 121 cm³/mol. The summed E-state index contributed by atoms with van der Waals surface area (Å²) in [5.74, 6) is 2.04. The first-order valence-electron chi connectivity index (χ1n) is 10.8. The van der Waals surface area contributed by atoms with E-state index in [1.54, 1.807) is 13.3 Å². The molecule has 7 nitrogen and oxygen atoms in total. The lowest BCUT2D eigenvalue weighted by molar-refractivity contribution is -0.122.